The Bertz CT molecular complexity index is 931. The lowest BCUT2D eigenvalue weighted by atomic mass is 9.68. The minimum Gasteiger partial charge on any atom is -0.494 e. The maximum Gasteiger partial charge on any atom is 0.235 e. The summed E-state index contributed by atoms with van der Waals surface area (Å²) < 4.78 is 5.60. The molecular formula is C23H24Cl2N2O2. The van der Waals surface area contributed by atoms with Crippen LogP contribution >= 0.6 is 23.2 Å². The number of ether oxygens (including phenoxy) is 1. The molecule has 0 aliphatic heterocycles. The van der Waals surface area contributed by atoms with E-state index in [0.717, 1.165) is 31.2 Å². The van der Waals surface area contributed by atoms with Crippen molar-refractivity contribution < 1.29 is 9.53 Å². The predicted molar refractivity (Wildman–Crippen MR) is 117 cm³/mol. The van der Waals surface area contributed by atoms with E-state index in [9.17, 15) is 10.1 Å². The van der Waals surface area contributed by atoms with Gasteiger partial charge in [-0.1, -0.05) is 55.5 Å². The van der Waals surface area contributed by atoms with Gasteiger partial charge in [0.25, 0.3) is 0 Å². The van der Waals surface area contributed by atoms with Crippen molar-refractivity contribution in [1.82, 2.24) is 0 Å². The first-order chi connectivity index (χ1) is 14.0. The molecule has 2 aromatic carbocycles. The average Bonchev–Trinajstić information content (AvgIpc) is 2.73. The van der Waals surface area contributed by atoms with Crippen LogP contribution in [0.4, 0.5) is 5.69 Å². The van der Waals surface area contributed by atoms with Crippen LogP contribution in [0.5, 0.6) is 5.75 Å². The molecule has 0 radical (unpaired) electrons. The third-order valence-corrected chi connectivity index (χ3v) is 5.97. The van der Waals surface area contributed by atoms with Crippen LogP contribution in [0.25, 0.3) is 0 Å². The zero-order valence-corrected chi connectivity index (χ0v) is 17.9. The number of rotatable bonds is 6. The number of nitrogens with one attached hydrogen (secondary N) is 1. The molecule has 0 unspecified atom stereocenters. The van der Waals surface area contributed by atoms with Crippen molar-refractivity contribution in [2.75, 3.05) is 11.9 Å². The van der Waals surface area contributed by atoms with Crippen LogP contribution < -0.4 is 10.1 Å². The first-order valence-corrected chi connectivity index (χ1v) is 10.7. The highest BCUT2D eigenvalue weighted by Gasteiger charge is 2.42. The summed E-state index contributed by atoms with van der Waals surface area (Å²) in [4.78, 5) is 13.5. The van der Waals surface area contributed by atoms with Crippen LogP contribution in [0.15, 0.2) is 36.4 Å². The molecule has 0 atom stereocenters. The fourth-order valence-corrected chi connectivity index (χ4v) is 4.52. The van der Waals surface area contributed by atoms with E-state index in [1.54, 1.807) is 30.3 Å². The second-order valence-corrected chi connectivity index (χ2v) is 8.23. The molecule has 152 valence electrons. The molecule has 2 aromatic rings. The van der Waals surface area contributed by atoms with E-state index in [2.05, 4.69) is 11.4 Å². The Morgan fingerprint density at radius 1 is 1.17 bits per heavy atom. The van der Waals surface area contributed by atoms with E-state index < -0.39 is 5.41 Å². The molecule has 1 aliphatic rings. The van der Waals surface area contributed by atoms with Gasteiger partial charge in [0.15, 0.2) is 0 Å². The highest BCUT2D eigenvalue weighted by atomic mass is 35.5. The van der Waals surface area contributed by atoms with Crippen LogP contribution in [0, 0.1) is 11.3 Å². The summed E-state index contributed by atoms with van der Waals surface area (Å²) in [5.41, 5.74) is 0.919. The van der Waals surface area contributed by atoms with Gasteiger partial charge in [0, 0.05) is 10.0 Å². The van der Waals surface area contributed by atoms with Gasteiger partial charge < -0.3 is 10.1 Å². The number of nitriles is 1. The van der Waals surface area contributed by atoms with Crippen LogP contribution in [0.3, 0.4) is 0 Å². The molecule has 3 rings (SSSR count). The van der Waals surface area contributed by atoms with E-state index in [1.807, 2.05) is 13.0 Å². The number of benzene rings is 2. The van der Waals surface area contributed by atoms with Gasteiger partial charge >= 0.3 is 0 Å². The van der Waals surface area contributed by atoms with Crippen molar-refractivity contribution in [3.63, 3.8) is 0 Å². The quantitative estimate of drug-likeness (QED) is 0.568. The summed E-state index contributed by atoms with van der Waals surface area (Å²) in [6.45, 7) is 2.60. The van der Waals surface area contributed by atoms with Crippen molar-refractivity contribution in [1.29, 1.82) is 5.26 Å². The summed E-state index contributed by atoms with van der Waals surface area (Å²) in [7, 11) is 0. The van der Waals surface area contributed by atoms with Gasteiger partial charge in [-0.3, -0.25) is 4.79 Å². The Labute approximate surface area is 181 Å². The first-order valence-electron chi connectivity index (χ1n) is 9.94. The molecule has 4 nitrogen and oxygen atoms in total. The highest BCUT2D eigenvalue weighted by Crippen LogP contribution is 2.44. The maximum atomic E-state index is 13.5. The lowest BCUT2D eigenvalue weighted by Crippen LogP contribution is -2.42. The Hall–Kier alpha value is -2.22. The molecular weight excluding hydrogens is 407 g/mol. The minimum atomic E-state index is -0.732. The van der Waals surface area contributed by atoms with Crippen molar-refractivity contribution >= 4 is 34.8 Å². The minimum absolute atomic E-state index is 0.139. The largest absolute Gasteiger partial charge is 0.494 e. The van der Waals surface area contributed by atoms with E-state index in [-0.39, 0.29) is 5.91 Å². The second-order valence-electron chi connectivity index (χ2n) is 7.39. The topological polar surface area (TPSA) is 62.1 Å². The lowest BCUT2D eigenvalue weighted by molar-refractivity contribution is -0.122. The molecule has 29 heavy (non-hydrogen) atoms. The fraction of sp³-hybridized carbons (Fsp3) is 0.391. The van der Waals surface area contributed by atoms with E-state index >= 15 is 0 Å². The zero-order chi connectivity index (χ0) is 20.9. The molecule has 0 saturated heterocycles. The van der Waals surface area contributed by atoms with Crippen molar-refractivity contribution in [2.45, 2.75) is 50.9 Å². The van der Waals surface area contributed by atoms with Crippen LogP contribution in [0.1, 0.15) is 56.6 Å². The van der Waals surface area contributed by atoms with Gasteiger partial charge in [-0.15, -0.1) is 0 Å². The molecule has 0 bridgehead atoms. The molecule has 0 spiro atoms. The standard InChI is InChI=1S/C23H24Cl2N2O2/c1-2-12-29-18-7-9-21(16(13-18)15-26)27-22(28)23(10-4-3-5-11-23)19-8-6-17(24)14-20(19)25/h6-9,13-14H,2-5,10-12H2,1H3,(H,27,28). The number of hydrogen-bond donors (Lipinski definition) is 1. The SMILES string of the molecule is CCCOc1ccc(NC(=O)C2(c3ccc(Cl)cc3Cl)CCCCC2)c(C#N)c1. The van der Waals surface area contributed by atoms with Gasteiger partial charge in [-0.25, -0.2) is 0 Å². The average molecular weight is 431 g/mol. The molecule has 0 aromatic heterocycles. The van der Waals surface area contributed by atoms with E-state index in [0.29, 0.717) is 46.5 Å². The van der Waals surface area contributed by atoms with Crippen molar-refractivity contribution in [2.24, 2.45) is 0 Å². The summed E-state index contributed by atoms with van der Waals surface area (Å²) in [5, 5.41) is 13.6. The monoisotopic (exact) mass is 430 g/mol. The molecule has 0 heterocycles. The molecule has 1 saturated carbocycles. The highest BCUT2D eigenvalue weighted by molar-refractivity contribution is 6.35. The van der Waals surface area contributed by atoms with Gasteiger partial charge in [-0.05, 0) is 55.2 Å². The molecule has 1 fully saturated rings. The Morgan fingerprint density at radius 2 is 1.93 bits per heavy atom. The summed E-state index contributed by atoms with van der Waals surface area (Å²) in [6.07, 6.45) is 5.28. The number of hydrogen-bond acceptors (Lipinski definition) is 3. The zero-order valence-electron chi connectivity index (χ0n) is 16.4. The normalized spacial score (nSPS) is 15.4. The van der Waals surface area contributed by atoms with Gasteiger partial charge in [0.2, 0.25) is 5.91 Å². The Balaban J connectivity index is 1.93. The number of halogens is 2. The van der Waals surface area contributed by atoms with Crippen LogP contribution in [-0.2, 0) is 10.2 Å². The molecule has 6 heteroatoms. The first kappa shape index (κ1) is 21.5. The predicted octanol–water partition coefficient (Wildman–Crippen LogP) is 6.49. The fourth-order valence-electron chi connectivity index (χ4n) is 3.93. The van der Waals surface area contributed by atoms with Gasteiger partial charge in [0.05, 0.1) is 23.3 Å². The smallest absolute Gasteiger partial charge is 0.235 e. The number of anilines is 1. The van der Waals surface area contributed by atoms with Crippen molar-refractivity contribution in [3.8, 4) is 11.8 Å². The second kappa shape index (κ2) is 9.52. The lowest BCUT2D eigenvalue weighted by Gasteiger charge is -2.37. The number of nitrogens with zero attached hydrogens (tertiary/aromatic N) is 1. The number of carbonyl (C=O) groups excluding carboxylic acids is 1. The van der Waals surface area contributed by atoms with Crippen LogP contribution in [-0.4, -0.2) is 12.5 Å². The van der Waals surface area contributed by atoms with Crippen LogP contribution in [0.2, 0.25) is 10.0 Å². The molecule has 1 N–H and O–H groups in total. The third kappa shape index (κ3) is 4.69. The number of carbonyl (C=O) groups is 1. The molecule has 1 amide bonds. The summed E-state index contributed by atoms with van der Waals surface area (Å²) >= 11 is 12.6. The summed E-state index contributed by atoms with van der Waals surface area (Å²) in [5.74, 6) is 0.481. The Kier molecular flexibility index (Phi) is 7.05. The summed E-state index contributed by atoms with van der Waals surface area (Å²) in [6, 6.07) is 12.6. The number of amides is 1. The van der Waals surface area contributed by atoms with E-state index in [1.165, 1.54) is 0 Å². The Morgan fingerprint density at radius 3 is 2.59 bits per heavy atom. The van der Waals surface area contributed by atoms with Gasteiger partial charge in [0.1, 0.15) is 11.8 Å². The maximum absolute atomic E-state index is 13.5. The van der Waals surface area contributed by atoms with Crippen molar-refractivity contribution in [3.05, 3.63) is 57.6 Å². The van der Waals surface area contributed by atoms with E-state index in [4.69, 9.17) is 27.9 Å². The molecule has 1 aliphatic carbocycles. The van der Waals surface area contributed by atoms with Gasteiger partial charge in [-0.2, -0.15) is 5.26 Å². The third-order valence-electron chi connectivity index (χ3n) is 5.42.